The van der Waals surface area contributed by atoms with E-state index in [1.807, 2.05) is 0 Å². The lowest BCUT2D eigenvalue weighted by molar-refractivity contribution is -0.137. The number of pyridine rings is 1. The van der Waals surface area contributed by atoms with Crippen LogP contribution in [-0.4, -0.2) is 59.5 Å². The van der Waals surface area contributed by atoms with Crippen LogP contribution in [0.4, 0.5) is 22.0 Å². The molecular formula is C41H40F5N3O3S. The van der Waals surface area contributed by atoms with Crippen molar-refractivity contribution in [2.45, 2.75) is 55.6 Å². The van der Waals surface area contributed by atoms with Gasteiger partial charge in [0.25, 0.3) is 0 Å². The van der Waals surface area contributed by atoms with Crippen molar-refractivity contribution >= 4 is 28.6 Å². The normalized spacial score (nSPS) is 26.7. The van der Waals surface area contributed by atoms with Gasteiger partial charge in [-0.1, -0.05) is 59.9 Å². The number of nitrogens with zero attached hydrogens (tertiary/aromatic N) is 3. The molecule has 0 aliphatic carbocycles. The first-order chi connectivity index (χ1) is 36.6. The second-order valence-corrected chi connectivity index (χ2v) is 11.3. The van der Waals surface area contributed by atoms with E-state index in [2.05, 4.69) is 0 Å². The zero-order chi connectivity index (χ0) is 62.4. The average molecular weight is 778 g/mol. The van der Waals surface area contributed by atoms with Crippen molar-refractivity contribution in [1.82, 2.24) is 14.4 Å². The monoisotopic (exact) mass is 777 g/mol. The molecule has 0 atom stereocenters. The number of hydrogen-bond donors (Lipinski definition) is 0. The van der Waals surface area contributed by atoms with Gasteiger partial charge in [0.1, 0.15) is 6.50 Å². The molecule has 1 fully saturated rings. The van der Waals surface area contributed by atoms with E-state index in [0.29, 0.717) is 0 Å². The molecule has 1 aromatic heterocycles. The zero-order valence-electron chi connectivity index (χ0n) is 55.0. The Bertz CT molecular complexity index is 3470. The first-order valence-electron chi connectivity index (χ1n) is 28.8. The number of piperidine rings is 1. The molecule has 0 N–H and O–H groups in total. The maximum Gasteiger partial charge on any atom is 0.416 e. The number of carbonyl (C=O) groups is 1. The van der Waals surface area contributed by atoms with Crippen LogP contribution in [0, 0.1) is 18.6 Å². The fraction of sp³-hybridized carbons (Fsp3) is 0.317. The van der Waals surface area contributed by atoms with Crippen LogP contribution in [-0.2, 0) is 34.5 Å². The third-order valence-corrected chi connectivity index (χ3v) is 7.61. The quantitative estimate of drug-likeness (QED) is 0.0938. The largest absolute Gasteiger partial charge is 0.416 e. The van der Waals surface area contributed by atoms with E-state index in [1.54, 1.807) is 0 Å². The fourth-order valence-corrected chi connectivity index (χ4v) is 4.99. The van der Waals surface area contributed by atoms with Crippen LogP contribution in [0.3, 0.4) is 0 Å². The highest BCUT2D eigenvalue weighted by atomic mass is 32.2. The topological polar surface area (TPSA) is 54.8 Å². The molecule has 0 radical (unpaired) electrons. The molecule has 6 rings (SSSR count). The summed E-state index contributed by atoms with van der Waals surface area (Å²) in [6, 6.07) is -27.7. The number of likely N-dealkylation sites (tertiary alicyclic amines) is 1. The van der Waals surface area contributed by atoms with Crippen molar-refractivity contribution in [3.8, 4) is 11.1 Å². The summed E-state index contributed by atoms with van der Waals surface area (Å²) in [6.07, 6.45) is -14.6. The highest BCUT2D eigenvalue weighted by Crippen LogP contribution is 2.32. The lowest BCUT2D eigenvalue weighted by atomic mass is 10.00. The summed E-state index contributed by atoms with van der Waals surface area (Å²) in [5.41, 5.74) is -15.6. The van der Waals surface area contributed by atoms with Gasteiger partial charge in [0.2, 0.25) is 5.91 Å². The maximum absolute atomic E-state index is 15.9. The minimum absolute atomic E-state index is 0.128. The van der Waals surface area contributed by atoms with Crippen LogP contribution in [0.2, 0.25) is 0 Å². The number of amides is 1. The molecule has 12 heteroatoms. The third-order valence-electron chi connectivity index (χ3n) is 6.83. The highest BCUT2D eigenvalue weighted by molar-refractivity contribution is 7.98. The molecule has 53 heavy (non-hydrogen) atoms. The van der Waals surface area contributed by atoms with Gasteiger partial charge in [0, 0.05) is 75.6 Å². The summed E-state index contributed by atoms with van der Waals surface area (Å²) >= 11 is -0.768. The van der Waals surface area contributed by atoms with E-state index in [0.717, 1.165) is 14.0 Å². The van der Waals surface area contributed by atoms with E-state index in [1.165, 1.54) is 0 Å². The van der Waals surface area contributed by atoms with Gasteiger partial charge in [-0.25, -0.2) is 8.78 Å². The van der Waals surface area contributed by atoms with Gasteiger partial charge < -0.3 is 19.1 Å². The average Bonchev–Trinajstić information content (AvgIpc) is 3.36. The first kappa shape index (κ1) is 16.5. The van der Waals surface area contributed by atoms with Gasteiger partial charge in [0.05, 0.1) is 47.4 Å². The summed E-state index contributed by atoms with van der Waals surface area (Å²) in [7, 11) is 1.00. The predicted molar refractivity (Wildman–Crippen MR) is 198 cm³/mol. The van der Waals surface area contributed by atoms with Crippen LogP contribution in [0.1, 0.15) is 73.4 Å². The van der Waals surface area contributed by atoms with E-state index < -0.39 is 249 Å². The molecule has 1 aliphatic rings. The van der Waals surface area contributed by atoms with E-state index in [-0.39, 0.29) is 9.47 Å². The molecule has 1 saturated heterocycles. The van der Waals surface area contributed by atoms with Crippen molar-refractivity contribution < 1.29 is 69.9 Å². The number of carbonyl (C=O) groups excluding carboxylic acids is 1. The molecular weight excluding hydrogens is 710 g/mol. The van der Waals surface area contributed by atoms with Gasteiger partial charge in [0.15, 0.2) is 17.1 Å². The molecule has 2 heterocycles. The molecule has 0 spiro atoms. The van der Waals surface area contributed by atoms with Crippen molar-refractivity contribution in [2.24, 2.45) is 0 Å². The SMILES string of the molecule is [2H]c1c([2H])c(F)c(F)c(C([2H])([2H])Sc2c([2H])c(=O)c3c([2H])c(C)c([2H])c([2H])c3n2C([2H])([2H])C(=O)N(Cc2c([2H])c([2H])c(-c3c([2H])c([2H])c(C(F)(F)F)c([2H])c3[2H])c([2H])c2[2H])C2([2H])C([2H])([2H])C([2H])([2H])N(CCOC)C([2H])([2H])C2([2H])[2H])c1[2H]. The van der Waals surface area contributed by atoms with Crippen molar-refractivity contribution in [3.63, 3.8) is 0 Å². The van der Waals surface area contributed by atoms with E-state index in [4.69, 9.17) is 33.5 Å². The molecule has 0 unspecified atom stereocenters. The van der Waals surface area contributed by atoms with Crippen molar-refractivity contribution in [1.29, 1.82) is 0 Å². The molecule has 1 aliphatic heterocycles. The smallest absolute Gasteiger partial charge is 0.383 e. The number of hydrogen-bond acceptors (Lipinski definition) is 5. The molecule has 278 valence electrons. The van der Waals surface area contributed by atoms with Crippen LogP contribution >= 0.6 is 11.8 Å². The molecule has 6 nitrogen and oxygen atoms in total. The summed E-state index contributed by atoms with van der Waals surface area (Å²) in [6.45, 7) is -15.9. The number of thioether (sulfide) groups is 1. The molecule has 5 aromatic rings. The number of benzene rings is 4. The zero-order valence-corrected chi connectivity index (χ0v) is 27.8. The Hall–Kier alpha value is -4.52. The van der Waals surface area contributed by atoms with Gasteiger partial charge in [-0.3, -0.25) is 9.59 Å². The van der Waals surface area contributed by atoms with Crippen LogP contribution in [0.15, 0.2) is 100 Å². The minimum Gasteiger partial charge on any atom is -0.383 e. The van der Waals surface area contributed by atoms with Crippen LogP contribution < -0.4 is 5.43 Å². The molecule has 0 bridgehead atoms. The molecule has 0 saturated carbocycles. The Kier molecular flexibility index (Phi) is 5.17. The van der Waals surface area contributed by atoms with E-state index >= 15 is 13.6 Å². The third kappa shape index (κ3) is 9.17. The summed E-state index contributed by atoms with van der Waals surface area (Å²) < 4.78 is 325. The summed E-state index contributed by atoms with van der Waals surface area (Å²) in [5.74, 6) is -7.35. The van der Waals surface area contributed by atoms with Crippen LogP contribution in [0.25, 0.3) is 22.0 Å². The Morgan fingerprint density at radius 2 is 1.70 bits per heavy atom. The lowest BCUT2D eigenvalue weighted by Crippen LogP contribution is -2.48. The van der Waals surface area contributed by atoms with Crippen molar-refractivity contribution in [2.75, 3.05) is 33.3 Å². The Balaban J connectivity index is 1.81. The van der Waals surface area contributed by atoms with Gasteiger partial charge in [-0.15, -0.1) is 11.8 Å². The predicted octanol–water partition coefficient (Wildman–Crippen LogP) is 8.71. The maximum atomic E-state index is 15.9. The number of halogens is 5. The number of alkyl halides is 3. The van der Waals surface area contributed by atoms with Crippen molar-refractivity contribution in [3.05, 3.63) is 135 Å². The first-order valence-corrected chi connectivity index (χ1v) is 15.6. The Morgan fingerprint density at radius 1 is 1.02 bits per heavy atom. The second kappa shape index (κ2) is 16.7. The van der Waals surface area contributed by atoms with Gasteiger partial charge in [-0.05, 0) is 66.6 Å². The van der Waals surface area contributed by atoms with Gasteiger partial charge >= 0.3 is 6.18 Å². The number of rotatable bonds is 12. The molecule has 4 aromatic carbocycles. The lowest BCUT2D eigenvalue weighted by Gasteiger charge is -2.39. The highest BCUT2D eigenvalue weighted by Gasteiger charge is 2.31. The van der Waals surface area contributed by atoms with Crippen LogP contribution in [0.5, 0.6) is 0 Å². The summed E-state index contributed by atoms with van der Waals surface area (Å²) in [4.78, 5) is 29.3. The molecule has 1 amide bonds. The number of fused-ring (bicyclic) bond motifs is 1. The van der Waals surface area contributed by atoms with Gasteiger partial charge in [-0.2, -0.15) is 13.2 Å². The number of aromatic nitrogens is 1. The van der Waals surface area contributed by atoms with E-state index in [9.17, 15) is 27.6 Å². The Labute approximate surface area is 348 Å². The number of ether oxygens (including phenoxy) is 1. The minimum atomic E-state index is -5.54. The number of methoxy groups -OCH3 is 1. The summed E-state index contributed by atoms with van der Waals surface area (Å²) in [5, 5.41) is -2.93. The standard InChI is InChI=1S/C41H40F5N3O3S/c1-27-6-15-36-34(22-27)37(50)23-39(53-26-31-4-3-5-35(42)40(31)43)49(36)25-38(51)48(33-16-18-47(19-17-33)20-21-52-2)24-28-7-9-29(10-8-28)30-11-13-32(14-12-30)41(44,45)46/h3-15,22-23,33H,16-21,24-26H2,1-2H3/i3D,4D,5D,6D,7D,8D,9D,10D,11D,12D,13D,14D,15D,16D2,17D2,18D2,19D2,22D,23D,25D2,26D2,33D. The second-order valence-electron chi connectivity index (χ2n) is 10.5. The Morgan fingerprint density at radius 3 is 2.36 bits per heavy atom. The fourth-order valence-electron chi connectivity index (χ4n) is 4.28.